The lowest BCUT2D eigenvalue weighted by Crippen LogP contribution is -2.56. The maximum Gasteiger partial charge on any atom is 0.326 e. The summed E-state index contributed by atoms with van der Waals surface area (Å²) < 4.78 is 5.20. The summed E-state index contributed by atoms with van der Waals surface area (Å²) in [5, 5.41) is 14.7. The number of carbonyl (C=O) groups is 1. The number of ether oxygens (including phenoxy) is 1. The standard InChI is InChI=1S/C22H20N2O3/c1-27-15-24-21(25)23-20-13-12-17(16-8-4-2-5-9-16)14-19(20)22(24,26)18-10-6-3-7-11-18/h2-14,26H,15H2,1H3,(H,23,25). The van der Waals surface area contributed by atoms with Gasteiger partial charge < -0.3 is 15.2 Å². The highest BCUT2D eigenvalue weighted by molar-refractivity contribution is 5.94. The highest BCUT2D eigenvalue weighted by atomic mass is 16.5. The maximum absolute atomic E-state index is 12.7. The molecule has 2 N–H and O–H groups in total. The Morgan fingerprint density at radius 3 is 2.30 bits per heavy atom. The van der Waals surface area contributed by atoms with Crippen LogP contribution in [0.25, 0.3) is 11.1 Å². The number of hydrogen-bond donors (Lipinski definition) is 2. The smallest absolute Gasteiger partial charge is 0.326 e. The molecule has 5 heteroatoms. The molecule has 3 aromatic carbocycles. The molecule has 0 saturated heterocycles. The molecule has 27 heavy (non-hydrogen) atoms. The molecule has 5 nitrogen and oxygen atoms in total. The fraction of sp³-hybridized carbons (Fsp3) is 0.136. The molecule has 1 aliphatic rings. The molecule has 0 aliphatic carbocycles. The summed E-state index contributed by atoms with van der Waals surface area (Å²) >= 11 is 0. The SMILES string of the molecule is COCN1C(=O)Nc2ccc(-c3ccccc3)cc2C1(O)c1ccccc1. The van der Waals surface area contributed by atoms with E-state index in [1.54, 1.807) is 12.1 Å². The van der Waals surface area contributed by atoms with Crippen molar-refractivity contribution in [2.45, 2.75) is 5.72 Å². The molecule has 0 saturated carbocycles. The van der Waals surface area contributed by atoms with Gasteiger partial charge in [0, 0.05) is 18.2 Å². The summed E-state index contributed by atoms with van der Waals surface area (Å²) in [4.78, 5) is 14.0. The van der Waals surface area contributed by atoms with Crippen molar-refractivity contribution in [3.63, 3.8) is 0 Å². The molecular weight excluding hydrogens is 340 g/mol. The number of fused-ring (bicyclic) bond motifs is 1. The van der Waals surface area contributed by atoms with Crippen LogP contribution in [0, 0.1) is 0 Å². The van der Waals surface area contributed by atoms with Crippen molar-refractivity contribution in [3.8, 4) is 11.1 Å². The molecule has 136 valence electrons. The van der Waals surface area contributed by atoms with E-state index in [1.807, 2.05) is 66.7 Å². The number of nitrogens with zero attached hydrogens (tertiary/aromatic N) is 1. The monoisotopic (exact) mass is 360 g/mol. The van der Waals surface area contributed by atoms with Gasteiger partial charge in [0.2, 0.25) is 0 Å². The molecule has 2 amide bonds. The first-order chi connectivity index (χ1) is 13.1. The van der Waals surface area contributed by atoms with Crippen LogP contribution in [-0.4, -0.2) is 29.9 Å². The van der Waals surface area contributed by atoms with Gasteiger partial charge in [0.25, 0.3) is 0 Å². The van der Waals surface area contributed by atoms with Gasteiger partial charge >= 0.3 is 6.03 Å². The van der Waals surface area contributed by atoms with Gasteiger partial charge in [-0.3, -0.25) is 4.90 Å². The Balaban J connectivity index is 1.94. The third-order valence-electron chi connectivity index (χ3n) is 4.81. The van der Waals surface area contributed by atoms with Crippen LogP contribution in [0.15, 0.2) is 78.9 Å². The summed E-state index contributed by atoms with van der Waals surface area (Å²) in [6.07, 6.45) is 0. The molecule has 1 atom stereocenters. The van der Waals surface area contributed by atoms with E-state index in [2.05, 4.69) is 5.32 Å². The van der Waals surface area contributed by atoms with Crippen LogP contribution in [-0.2, 0) is 10.5 Å². The quantitative estimate of drug-likeness (QED) is 0.739. The number of amides is 2. The number of benzene rings is 3. The fourth-order valence-electron chi connectivity index (χ4n) is 3.49. The van der Waals surface area contributed by atoms with Crippen LogP contribution in [0.5, 0.6) is 0 Å². The number of nitrogens with one attached hydrogen (secondary N) is 1. The predicted octanol–water partition coefficient (Wildman–Crippen LogP) is 4.00. The number of anilines is 1. The van der Waals surface area contributed by atoms with Crippen molar-refractivity contribution >= 4 is 11.7 Å². The van der Waals surface area contributed by atoms with E-state index < -0.39 is 11.8 Å². The Hall–Kier alpha value is -3.15. The third kappa shape index (κ3) is 2.87. The van der Waals surface area contributed by atoms with Gasteiger partial charge in [0.15, 0.2) is 5.72 Å². The largest absolute Gasteiger partial charge is 0.364 e. The van der Waals surface area contributed by atoms with Gasteiger partial charge in [-0.1, -0.05) is 66.7 Å². The van der Waals surface area contributed by atoms with Crippen LogP contribution < -0.4 is 5.32 Å². The molecule has 1 unspecified atom stereocenters. The van der Waals surface area contributed by atoms with Crippen molar-refractivity contribution in [1.29, 1.82) is 0 Å². The number of aliphatic hydroxyl groups is 1. The average molecular weight is 360 g/mol. The van der Waals surface area contributed by atoms with E-state index in [0.717, 1.165) is 11.1 Å². The maximum atomic E-state index is 12.7. The first-order valence-electron chi connectivity index (χ1n) is 8.70. The Kier molecular flexibility index (Phi) is 4.39. The predicted molar refractivity (Wildman–Crippen MR) is 104 cm³/mol. The van der Waals surface area contributed by atoms with E-state index in [9.17, 15) is 9.90 Å². The lowest BCUT2D eigenvalue weighted by atomic mass is 9.88. The van der Waals surface area contributed by atoms with Crippen molar-refractivity contribution in [3.05, 3.63) is 90.0 Å². The van der Waals surface area contributed by atoms with Gasteiger partial charge in [-0.2, -0.15) is 0 Å². The third-order valence-corrected chi connectivity index (χ3v) is 4.81. The Morgan fingerprint density at radius 2 is 1.63 bits per heavy atom. The van der Waals surface area contributed by atoms with Crippen LogP contribution in [0.1, 0.15) is 11.1 Å². The first-order valence-corrected chi connectivity index (χ1v) is 8.70. The minimum absolute atomic E-state index is 0.0494. The Morgan fingerprint density at radius 1 is 0.963 bits per heavy atom. The van der Waals surface area contributed by atoms with E-state index in [0.29, 0.717) is 16.8 Å². The Bertz CT molecular complexity index is 960. The van der Waals surface area contributed by atoms with Crippen LogP contribution in [0.3, 0.4) is 0 Å². The summed E-state index contributed by atoms with van der Waals surface area (Å²) in [7, 11) is 1.49. The van der Waals surface area contributed by atoms with Crippen molar-refractivity contribution < 1.29 is 14.6 Å². The molecule has 1 heterocycles. The zero-order valence-electron chi connectivity index (χ0n) is 14.9. The second-order valence-corrected chi connectivity index (χ2v) is 6.44. The second-order valence-electron chi connectivity index (χ2n) is 6.44. The zero-order valence-corrected chi connectivity index (χ0v) is 14.9. The lowest BCUT2D eigenvalue weighted by Gasteiger charge is -2.44. The number of hydrogen-bond acceptors (Lipinski definition) is 3. The van der Waals surface area contributed by atoms with Gasteiger partial charge in [0.1, 0.15) is 6.73 Å². The normalized spacial score (nSPS) is 18.7. The highest BCUT2D eigenvalue weighted by Gasteiger charge is 2.46. The molecule has 0 radical (unpaired) electrons. The van der Waals surface area contributed by atoms with Crippen LogP contribution in [0.2, 0.25) is 0 Å². The van der Waals surface area contributed by atoms with Gasteiger partial charge in [-0.25, -0.2) is 4.79 Å². The van der Waals surface area contributed by atoms with Gasteiger partial charge in [-0.05, 0) is 23.3 Å². The van der Waals surface area contributed by atoms with E-state index in [-0.39, 0.29) is 6.73 Å². The molecule has 0 aromatic heterocycles. The minimum atomic E-state index is -1.64. The molecule has 1 aliphatic heterocycles. The van der Waals surface area contributed by atoms with E-state index >= 15 is 0 Å². The fourth-order valence-corrected chi connectivity index (χ4v) is 3.49. The molecule has 0 bridgehead atoms. The molecule has 4 rings (SSSR count). The number of carbonyl (C=O) groups excluding carboxylic acids is 1. The van der Waals surface area contributed by atoms with E-state index in [1.165, 1.54) is 12.0 Å². The molecule has 0 spiro atoms. The Labute approximate surface area is 157 Å². The van der Waals surface area contributed by atoms with Gasteiger partial charge in [-0.15, -0.1) is 0 Å². The summed E-state index contributed by atoms with van der Waals surface area (Å²) in [6, 6.07) is 24.4. The summed E-state index contributed by atoms with van der Waals surface area (Å²) in [6.45, 7) is -0.0494. The van der Waals surface area contributed by atoms with Crippen LogP contribution >= 0.6 is 0 Å². The number of urea groups is 1. The van der Waals surface area contributed by atoms with E-state index in [4.69, 9.17) is 4.74 Å². The second kappa shape index (κ2) is 6.87. The highest BCUT2D eigenvalue weighted by Crippen LogP contribution is 2.42. The summed E-state index contributed by atoms with van der Waals surface area (Å²) in [5.41, 5.74) is 2.14. The van der Waals surface area contributed by atoms with Crippen molar-refractivity contribution in [1.82, 2.24) is 4.90 Å². The first kappa shape index (κ1) is 17.3. The molecule has 0 fully saturated rings. The van der Waals surface area contributed by atoms with Gasteiger partial charge in [0.05, 0.1) is 5.69 Å². The number of rotatable bonds is 4. The molecule has 3 aromatic rings. The van der Waals surface area contributed by atoms with Crippen molar-refractivity contribution in [2.75, 3.05) is 19.2 Å². The number of methoxy groups -OCH3 is 1. The minimum Gasteiger partial charge on any atom is -0.364 e. The summed E-state index contributed by atoms with van der Waals surface area (Å²) in [5.74, 6) is 0. The van der Waals surface area contributed by atoms with Crippen molar-refractivity contribution in [2.24, 2.45) is 0 Å². The topological polar surface area (TPSA) is 61.8 Å². The van der Waals surface area contributed by atoms with Crippen LogP contribution in [0.4, 0.5) is 10.5 Å². The zero-order chi connectivity index (χ0) is 18.9. The lowest BCUT2D eigenvalue weighted by molar-refractivity contribution is -0.0937. The molecular formula is C22H20N2O3. The average Bonchev–Trinajstić information content (AvgIpc) is 2.72.